The highest BCUT2D eigenvalue weighted by molar-refractivity contribution is 5.51. The zero-order chi connectivity index (χ0) is 94.5. The molecule has 5 aliphatic heterocycles. The zero-order valence-electron chi connectivity index (χ0n) is 81.2. The molecular formula is C120H140O15. The van der Waals surface area contributed by atoms with Crippen molar-refractivity contribution in [1.82, 2.24) is 0 Å². The van der Waals surface area contributed by atoms with E-state index in [1.54, 1.807) is 7.11 Å². The highest BCUT2D eigenvalue weighted by Gasteiger charge is 2.28. The summed E-state index contributed by atoms with van der Waals surface area (Å²) in [7, 11) is 1.66. The van der Waals surface area contributed by atoms with Crippen molar-refractivity contribution in [2.45, 2.75) is 226 Å². The van der Waals surface area contributed by atoms with Gasteiger partial charge in [-0.25, -0.2) is 0 Å². The summed E-state index contributed by atoms with van der Waals surface area (Å²) in [6.45, 7) is 29.4. The number of rotatable bonds is 30. The second-order valence-electron chi connectivity index (χ2n) is 34.1. The Morgan fingerprint density at radius 2 is 0.385 bits per heavy atom. The predicted molar refractivity (Wildman–Crippen MR) is 540 cm³/mol. The highest BCUT2D eigenvalue weighted by Crippen LogP contribution is 2.31. The summed E-state index contributed by atoms with van der Waals surface area (Å²) in [6, 6.07) is 81.5. The standard InChI is InChI=1S/C26H32O3.C25H30O3.C24H28O3.C23H26O3.C22H24O3/c1-3-5-6-18-27-25-16-12-22(13-17-25)9-8-21-10-14-23(15-11-21)24-19-28-26(7-4-2)29-20-24;1-3-5-17-26-24-15-11-21(12-16-24)8-7-20-9-13-22(14-10-20)23-18-27-25(6-4-2)28-19-23;1-3-5-24-26-17-22(18-27-24)21-12-8-19(9-13-21)6-7-20-10-14-23(15-11-20)25-16-4-2;1-3-5-23-25-16-21(17-26-23)20-12-8-18(9-13-20)6-7-19-10-14-22(15-11-19)24-4-2;1-3-4-22-24-15-20(16-25-22)19-11-7-17(8-12-19)5-6-18-9-13-21(23-2)14-10-18/h10-17,24,26H,3-7,18-20H2,1-2H3;9-16,23,25H,3-6,17-19H2,1-2H3;8-15,22,24H,3-5,16-18H2,1-2H3;8-15,21,23H,3-5,16-17H2,1-2H3;7-14,20,22H,3-4,15-16H2,1-2H3. The minimum absolute atomic E-state index is 0.0316. The van der Waals surface area contributed by atoms with Crippen LogP contribution in [-0.2, 0) is 47.4 Å². The molecule has 5 fully saturated rings. The molecule has 10 aromatic rings. The van der Waals surface area contributed by atoms with Gasteiger partial charge in [0.25, 0.3) is 0 Å². The molecule has 0 amide bonds. The Balaban J connectivity index is 0.000000162. The first kappa shape index (κ1) is 104. The molecule has 5 heterocycles. The van der Waals surface area contributed by atoms with Crippen LogP contribution in [-0.4, -0.2) is 131 Å². The number of benzene rings is 10. The minimum atomic E-state index is -0.0329. The van der Waals surface area contributed by atoms with Crippen LogP contribution in [0.15, 0.2) is 243 Å². The Morgan fingerprint density at radius 1 is 0.200 bits per heavy atom. The predicted octanol–water partition coefficient (Wildman–Crippen LogP) is 25.7. The maximum Gasteiger partial charge on any atom is 0.157 e. The van der Waals surface area contributed by atoms with Crippen molar-refractivity contribution < 1.29 is 71.1 Å². The first-order valence-electron chi connectivity index (χ1n) is 49.2. The molecule has 15 rings (SSSR count). The number of ether oxygens (including phenoxy) is 15. The highest BCUT2D eigenvalue weighted by atomic mass is 16.7. The molecule has 0 radical (unpaired) electrons. The molecule has 5 aliphatic rings. The van der Waals surface area contributed by atoms with Gasteiger partial charge in [0.2, 0.25) is 0 Å². The molecule has 0 unspecified atom stereocenters. The second-order valence-corrected chi connectivity index (χ2v) is 34.1. The Hall–Kier alpha value is -11.4. The molecule has 0 atom stereocenters. The van der Waals surface area contributed by atoms with E-state index >= 15 is 0 Å². The third-order valence-electron chi connectivity index (χ3n) is 23.2. The van der Waals surface area contributed by atoms with E-state index in [0.29, 0.717) is 36.2 Å². The van der Waals surface area contributed by atoms with Gasteiger partial charge >= 0.3 is 0 Å². The van der Waals surface area contributed by atoms with E-state index in [9.17, 15) is 0 Å². The van der Waals surface area contributed by atoms with Crippen molar-refractivity contribution >= 4 is 0 Å². The van der Waals surface area contributed by atoms with Gasteiger partial charge in [-0.1, -0.05) is 227 Å². The average Bonchev–Trinajstić information content (AvgIpc) is 0.863. The molecule has 15 nitrogen and oxygen atoms in total. The summed E-state index contributed by atoms with van der Waals surface area (Å²) < 4.78 is 85.6. The molecule has 0 aromatic heterocycles. The number of methoxy groups -OCH3 is 1. The molecule has 0 spiro atoms. The third-order valence-corrected chi connectivity index (χ3v) is 23.2. The fourth-order valence-corrected chi connectivity index (χ4v) is 15.1. The lowest BCUT2D eigenvalue weighted by molar-refractivity contribution is -0.189. The van der Waals surface area contributed by atoms with Gasteiger partial charge in [-0.15, -0.1) is 0 Å². The summed E-state index contributed by atoms with van der Waals surface area (Å²) >= 11 is 0. The van der Waals surface area contributed by atoms with E-state index in [4.69, 9.17) is 71.1 Å². The van der Waals surface area contributed by atoms with Crippen molar-refractivity contribution in [1.29, 1.82) is 0 Å². The Bertz CT molecular complexity index is 5290. The van der Waals surface area contributed by atoms with Gasteiger partial charge in [0, 0.05) is 85.2 Å². The average molecular weight is 1820 g/mol. The van der Waals surface area contributed by atoms with Crippen molar-refractivity contribution in [3.63, 3.8) is 0 Å². The van der Waals surface area contributed by atoms with Gasteiger partial charge in [0.05, 0.1) is 99.6 Å². The Labute approximate surface area is 806 Å². The van der Waals surface area contributed by atoms with Crippen LogP contribution in [0, 0.1) is 59.2 Å². The topological polar surface area (TPSA) is 138 Å². The monoisotopic (exact) mass is 1820 g/mol. The van der Waals surface area contributed by atoms with E-state index in [1.807, 2.05) is 128 Å². The Morgan fingerprint density at radius 3 is 0.570 bits per heavy atom. The molecule has 10 aromatic carbocycles. The molecule has 135 heavy (non-hydrogen) atoms. The maximum atomic E-state index is 5.81. The summed E-state index contributed by atoms with van der Waals surface area (Å²) in [5.74, 6) is 38.1. The van der Waals surface area contributed by atoms with Gasteiger partial charge in [-0.05, 0) is 268 Å². The van der Waals surface area contributed by atoms with Crippen molar-refractivity contribution in [2.75, 3.05) is 99.6 Å². The largest absolute Gasteiger partial charge is 0.497 e. The van der Waals surface area contributed by atoms with Crippen molar-refractivity contribution in [3.05, 3.63) is 326 Å². The zero-order valence-corrected chi connectivity index (χ0v) is 81.2. The normalized spacial score (nSPS) is 19.2. The van der Waals surface area contributed by atoms with Crippen LogP contribution in [0.4, 0.5) is 0 Å². The van der Waals surface area contributed by atoms with Crippen LogP contribution in [0.3, 0.4) is 0 Å². The quantitative estimate of drug-likeness (QED) is 0.0311. The van der Waals surface area contributed by atoms with Crippen molar-refractivity contribution in [2.24, 2.45) is 0 Å². The molecule has 5 saturated heterocycles. The van der Waals surface area contributed by atoms with Gasteiger partial charge in [0.15, 0.2) is 31.5 Å². The first-order chi connectivity index (χ1) is 66.4. The molecule has 15 heteroatoms. The lowest BCUT2D eigenvalue weighted by atomic mass is 9.99. The molecule has 0 aliphatic carbocycles. The van der Waals surface area contributed by atoms with Gasteiger partial charge in [-0.2, -0.15) is 0 Å². The van der Waals surface area contributed by atoms with Crippen LogP contribution >= 0.6 is 0 Å². The summed E-state index contributed by atoms with van der Waals surface area (Å²) in [6.07, 6.45) is 16.8. The SMILES string of the molecule is CCCC1OCC(c2ccc(C#Cc3ccc(OC)cc3)cc2)CO1.CCCC1OCC(c2ccc(C#Cc3ccc(OCC)cc3)cc2)CO1.CCCCCOc1ccc(C#Cc2ccc(C3COC(CCC)OC3)cc2)cc1.CCCCOc1ccc(C#Cc2ccc(C3COC(CCC)OC3)cc2)cc1.CCCOc1ccc(C#Cc2ccc(C3COC(CCC)OC3)cc2)cc1. The van der Waals surface area contributed by atoms with E-state index in [1.165, 1.54) is 40.7 Å². The smallest absolute Gasteiger partial charge is 0.157 e. The van der Waals surface area contributed by atoms with E-state index < -0.39 is 0 Å². The number of unbranched alkanes of at least 4 members (excludes halogenated alkanes) is 3. The number of hydrogen-bond donors (Lipinski definition) is 0. The lowest BCUT2D eigenvalue weighted by Crippen LogP contribution is -2.30. The fourth-order valence-electron chi connectivity index (χ4n) is 15.1. The van der Waals surface area contributed by atoms with E-state index in [2.05, 4.69) is 236 Å². The molecule has 0 N–H and O–H groups in total. The van der Waals surface area contributed by atoms with Crippen LogP contribution < -0.4 is 23.7 Å². The van der Waals surface area contributed by atoms with E-state index in [-0.39, 0.29) is 31.5 Å². The van der Waals surface area contributed by atoms with Gasteiger partial charge < -0.3 is 71.1 Å². The molecule has 0 saturated carbocycles. The van der Waals surface area contributed by atoms with E-state index in [0.717, 1.165) is 260 Å². The van der Waals surface area contributed by atoms with Crippen molar-refractivity contribution in [3.8, 4) is 88.0 Å². The van der Waals surface area contributed by atoms with Crippen LogP contribution in [0.5, 0.6) is 28.7 Å². The van der Waals surface area contributed by atoms with Gasteiger partial charge in [-0.3, -0.25) is 0 Å². The maximum absolute atomic E-state index is 5.81. The molecule has 710 valence electrons. The minimum Gasteiger partial charge on any atom is -0.497 e. The fraction of sp³-hybridized carbons (Fsp3) is 0.417. The second kappa shape index (κ2) is 60.2. The summed E-state index contributed by atoms with van der Waals surface area (Å²) in [5, 5.41) is 0. The summed E-state index contributed by atoms with van der Waals surface area (Å²) in [5.41, 5.74) is 16.2. The molecule has 0 bridgehead atoms. The third kappa shape index (κ3) is 37.3. The van der Waals surface area contributed by atoms with Crippen LogP contribution in [0.1, 0.15) is 278 Å². The van der Waals surface area contributed by atoms with Crippen LogP contribution in [0.25, 0.3) is 0 Å². The Kier molecular flexibility index (Phi) is 46.4. The number of hydrogen-bond acceptors (Lipinski definition) is 15. The van der Waals surface area contributed by atoms with Crippen LogP contribution in [0.2, 0.25) is 0 Å². The lowest BCUT2D eigenvalue weighted by Gasteiger charge is -2.29. The summed E-state index contributed by atoms with van der Waals surface area (Å²) in [4.78, 5) is 0. The molecular weight excluding hydrogens is 1680 g/mol. The first-order valence-corrected chi connectivity index (χ1v) is 49.2. The van der Waals surface area contributed by atoms with Gasteiger partial charge in [0.1, 0.15) is 28.7 Å².